The quantitative estimate of drug-likeness (QED) is 0.643. The number of rotatable bonds is 3. The van der Waals surface area contributed by atoms with Crippen LogP contribution in [0.3, 0.4) is 0 Å². The van der Waals surface area contributed by atoms with Crippen LogP contribution in [0.15, 0.2) is 29.1 Å². The molecule has 64 valence electrons. The zero-order valence-electron chi connectivity index (χ0n) is 6.82. The van der Waals surface area contributed by atoms with Crippen LogP contribution in [0.4, 0.5) is 0 Å². The fourth-order valence-electron chi connectivity index (χ4n) is 0.744. The Morgan fingerprint density at radius 3 is 3.17 bits per heavy atom. The van der Waals surface area contributed by atoms with Gasteiger partial charge >= 0.3 is 5.97 Å². The summed E-state index contributed by atoms with van der Waals surface area (Å²) in [7, 11) is 1.37. The zero-order chi connectivity index (χ0) is 8.81. The third-order valence-corrected chi connectivity index (χ3v) is 1.37. The topological polar surface area (TPSA) is 39.4 Å². The molecule has 0 N–H and O–H groups in total. The standard InChI is InChI=1S/C9H10O3/c1-11-9(10)4-2-3-8-5-6-12-7-8/h2-3,5-7H,4H2,1H3. The smallest absolute Gasteiger partial charge is 0.309 e. The maximum absolute atomic E-state index is 10.6. The number of esters is 1. The summed E-state index contributed by atoms with van der Waals surface area (Å²) >= 11 is 0. The first-order chi connectivity index (χ1) is 5.83. The van der Waals surface area contributed by atoms with Crippen LogP contribution in [0.25, 0.3) is 6.08 Å². The minimum absolute atomic E-state index is 0.241. The number of carbonyl (C=O) groups excluding carboxylic acids is 1. The summed E-state index contributed by atoms with van der Waals surface area (Å²) in [6.07, 6.45) is 7.02. The van der Waals surface area contributed by atoms with Crippen molar-refractivity contribution in [2.24, 2.45) is 0 Å². The second kappa shape index (κ2) is 4.38. The summed E-state index contributed by atoms with van der Waals surface area (Å²) in [5.41, 5.74) is 0.943. The van der Waals surface area contributed by atoms with Gasteiger partial charge in [0, 0.05) is 5.56 Å². The fourth-order valence-corrected chi connectivity index (χ4v) is 0.744. The molecule has 1 rings (SSSR count). The second-order valence-corrected chi connectivity index (χ2v) is 2.24. The lowest BCUT2D eigenvalue weighted by Gasteiger charge is -1.90. The van der Waals surface area contributed by atoms with E-state index in [9.17, 15) is 4.79 Å². The molecule has 0 aliphatic rings. The van der Waals surface area contributed by atoms with Crippen molar-refractivity contribution in [3.8, 4) is 0 Å². The minimum Gasteiger partial charge on any atom is -0.472 e. The summed E-state index contributed by atoms with van der Waals surface area (Å²) in [6.45, 7) is 0. The molecule has 0 bridgehead atoms. The first kappa shape index (κ1) is 8.59. The van der Waals surface area contributed by atoms with E-state index in [1.54, 1.807) is 24.7 Å². The molecule has 0 aliphatic carbocycles. The molecule has 3 heteroatoms. The highest BCUT2D eigenvalue weighted by molar-refractivity contribution is 5.72. The van der Waals surface area contributed by atoms with Crippen LogP contribution >= 0.6 is 0 Å². The molecule has 0 fully saturated rings. The highest BCUT2D eigenvalue weighted by Crippen LogP contribution is 2.02. The van der Waals surface area contributed by atoms with Crippen molar-refractivity contribution in [1.29, 1.82) is 0 Å². The van der Waals surface area contributed by atoms with Gasteiger partial charge in [0.1, 0.15) is 0 Å². The van der Waals surface area contributed by atoms with E-state index in [0.717, 1.165) is 5.56 Å². The maximum atomic E-state index is 10.6. The minimum atomic E-state index is -0.241. The van der Waals surface area contributed by atoms with Gasteiger partial charge in [-0.25, -0.2) is 0 Å². The SMILES string of the molecule is COC(=O)CC=Cc1ccoc1. The van der Waals surface area contributed by atoms with Crippen LogP contribution in [0, 0.1) is 0 Å². The lowest BCUT2D eigenvalue weighted by Crippen LogP contribution is -1.96. The molecule has 0 radical (unpaired) electrons. The Bertz CT molecular complexity index is 259. The normalized spacial score (nSPS) is 10.4. The first-order valence-electron chi connectivity index (χ1n) is 3.58. The van der Waals surface area contributed by atoms with Gasteiger partial charge in [-0.2, -0.15) is 0 Å². The molecule has 0 aromatic carbocycles. The Hall–Kier alpha value is -1.51. The van der Waals surface area contributed by atoms with Gasteiger partial charge in [-0.1, -0.05) is 12.2 Å². The Morgan fingerprint density at radius 1 is 1.75 bits per heavy atom. The molecule has 12 heavy (non-hydrogen) atoms. The summed E-state index contributed by atoms with van der Waals surface area (Å²) in [5.74, 6) is -0.241. The summed E-state index contributed by atoms with van der Waals surface area (Å²) in [6, 6.07) is 1.81. The monoisotopic (exact) mass is 166 g/mol. The third kappa shape index (κ3) is 2.62. The molecule has 0 spiro atoms. The molecular weight excluding hydrogens is 156 g/mol. The van der Waals surface area contributed by atoms with Gasteiger partial charge in [0.2, 0.25) is 0 Å². The molecule has 1 heterocycles. The molecule has 0 atom stereocenters. The van der Waals surface area contributed by atoms with Gasteiger partial charge in [-0.15, -0.1) is 0 Å². The average Bonchev–Trinajstić information content (AvgIpc) is 2.57. The zero-order valence-corrected chi connectivity index (χ0v) is 6.82. The molecule has 1 aromatic rings. The van der Waals surface area contributed by atoms with Crippen LogP contribution in [-0.2, 0) is 9.53 Å². The molecule has 0 amide bonds. The van der Waals surface area contributed by atoms with E-state index >= 15 is 0 Å². The fraction of sp³-hybridized carbons (Fsp3) is 0.222. The number of carbonyl (C=O) groups is 1. The largest absolute Gasteiger partial charge is 0.472 e. The van der Waals surface area contributed by atoms with Crippen LogP contribution in [0.5, 0.6) is 0 Å². The lowest BCUT2D eigenvalue weighted by atomic mass is 10.3. The number of hydrogen-bond donors (Lipinski definition) is 0. The highest BCUT2D eigenvalue weighted by atomic mass is 16.5. The number of ether oxygens (including phenoxy) is 1. The van der Waals surface area contributed by atoms with Gasteiger partial charge in [-0.3, -0.25) is 4.79 Å². The van der Waals surface area contributed by atoms with E-state index in [-0.39, 0.29) is 5.97 Å². The van der Waals surface area contributed by atoms with Crippen molar-refractivity contribution in [2.45, 2.75) is 6.42 Å². The van der Waals surface area contributed by atoms with E-state index in [0.29, 0.717) is 6.42 Å². The molecular formula is C9H10O3. The molecule has 3 nitrogen and oxygen atoms in total. The Balaban J connectivity index is 2.37. The summed E-state index contributed by atoms with van der Waals surface area (Å²) in [4.78, 5) is 10.6. The van der Waals surface area contributed by atoms with Gasteiger partial charge < -0.3 is 9.15 Å². The third-order valence-electron chi connectivity index (χ3n) is 1.37. The number of hydrogen-bond acceptors (Lipinski definition) is 3. The van der Waals surface area contributed by atoms with Gasteiger partial charge in [0.25, 0.3) is 0 Å². The summed E-state index contributed by atoms with van der Waals surface area (Å²) < 4.78 is 9.29. The Labute approximate surface area is 70.6 Å². The van der Waals surface area contributed by atoms with E-state index in [2.05, 4.69) is 4.74 Å². The van der Waals surface area contributed by atoms with Crippen LogP contribution in [-0.4, -0.2) is 13.1 Å². The Morgan fingerprint density at radius 2 is 2.58 bits per heavy atom. The Kier molecular flexibility index (Phi) is 3.14. The molecule has 0 saturated carbocycles. The van der Waals surface area contributed by atoms with Crippen LogP contribution < -0.4 is 0 Å². The van der Waals surface area contributed by atoms with Gasteiger partial charge in [0.05, 0.1) is 26.1 Å². The van der Waals surface area contributed by atoms with Crippen molar-refractivity contribution in [2.75, 3.05) is 7.11 Å². The predicted octanol–water partition coefficient (Wildman–Crippen LogP) is 1.86. The van der Waals surface area contributed by atoms with E-state index < -0.39 is 0 Å². The average molecular weight is 166 g/mol. The number of methoxy groups -OCH3 is 1. The van der Waals surface area contributed by atoms with Gasteiger partial charge in [0.15, 0.2) is 0 Å². The van der Waals surface area contributed by atoms with Crippen molar-refractivity contribution >= 4 is 12.0 Å². The number of furan rings is 1. The lowest BCUT2D eigenvalue weighted by molar-refractivity contribution is -0.139. The predicted molar refractivity (Wildman–Crippen MR) is 44.4 cm³/mol. The molecule has 0 saturated heterocycles. The maximum Gasteiger partial charge on any atom is 0.309 e. The van der Waals surface area contributed by atoms with Crippen LogP contribution in [0.1, 0.15) is 12.0 Å². The van der Waals surface area contributed by atoms with Crippen molar-refractivity contribution in [3.05, 3.63) is 30.2 Å². The van der Waals surface area contributed by atoms with E-state index in [1.807, 2.05) is 6.07 Å². The summed E-state index contributed by atoms with van der Waals surface area (Å²) in [5, 5.41) is 0. The van der Waals surface area contributed by atoms with Gasteiger partial charge in [-0.05, 0) is 6.07 Å². The highest BCUT2D eigenvalue weighted by Gasteiger charge is 1.93. The first-order valence-corrected chi connectivity index (χ1v) is 3.58. The van der Waals surface area contributed by atoms with Crippen molar-refractivity contribution in [3.63, 3.8) is 0 Å². The molecule has 0 unspecified atom stereocenters. The van der Waals surface area contributed by atoms with E-state index in [1.165, 1.54) is 7.11 Å². The van der Waals surface area contributed by atoms with Crippen molar-refractivity contribution in [1.82, 2.24) is 0 Å². The second-order valence-electron chi connectivity index (χ2n) is 2.24. The van der Waals surface area contributed by atoms with Crippen molar-refractivity contribution < 1.29 is 13.9 Å². The van der Waals surface area contributed by atoms with E-state index in [4.69, 9.17) is 4.42 Å². The molecule has 1 aromatic heterocycles. The van der Waals surface area contributed by atoms with Crippen LogP contribution in [0.2, 0.25) is 0 Å². The molecule has 0 aliphatic heterocycles.